The predicted molar refractivity (Wildman–Crippen MR) is 106 cm³/mol. The normalized spacial score (nSPS) is 14.9. The third-order valence-electron chi connectivity index (χ3n) is 4.98. The molecule has 144 valence electrons. The lowest BCUT2D eigenvalue weighted by molar-refractivity contribution is 0.0691. The third kappa shape index (κ3) is 5.18. The molecule has 1 N–H and O–H groups in total. The zero-order valence-electron chi connectivity index (χ0n) is 16.4. The summed E-state index contributed by atoms with van der Waals surface area (Å²) in [6.07, 6.45) is 2.95. The van der Waals surface area contributed by atoms with Crippen molar-refractivity contribution in [3.8, 4) is 5.75 Å². The molecule has 0 saturated carbocycles. The van der Waals surface area contributed by atoms with Gasteiger partial charge in [-0.25, -0.2) is 9.97 Å². The first-order chi connectivity index (χ1) is 13.0. The minimum Gasteiger partial charge on any atom is -0.497 e. The van der Waals surface area contributed by atoms with E-state index in [1.165, 1.54) is 5.56 Å². The van der Waals surface area contributed by atoms with Crippen molar-refractivity contribution in [1.29, 1.82) is 0 Å². The van der Waals surface area contributed by atoms with Crippen molar-refractivity contribution in [3.05, 3.63) is 47.4 Å². The van der Waals surface area contributed by atoms with E-state index in [9.17, 15) is 4.79 Å². The molecule has 0 radical (unpaired) electrons. The summed E-state index contributed by atoms with van der Waals surface area (Å²) in [6.45, 7) is 6.39. The van der Waals surface area contributed by atoms with Gasteiger partial charge in [0, 0.05) is 25.7 Å². The quantitative estimate of drug-likeness (QED) is 0.847. The van der Waals surface area contributed by atoms with Gasteiger partial charge in [-0.3, -0.25) is 4.79 Å². The zero-order valence-corrected chi connectivity index (χ0v) is 16.4. The summed E-state index contributed by atoms with van der Waals surface area (Å²) in [5, 5.41) is 3.31. The number of rotatable bonds is 6. The van der Waals surface area contributed by atoms with Gasteiger partial charge in [0.15, 0.2) is 0 Å². The second-order valence-corrected chi connectivity index (χ2v) is 7.19. The van der Waals surface area contributed by atoms with Gasteiger partial charge < -0.3 is 15.0 Å². The molecule has 1 aliphatic rings. The predicted octanol–water partition coefficient (Wildman–Crippen LogP) is 3.32. The number of nitrogens with one attached hydrogen (secondary N) is 1. The fraction of sp³-hybridized carbons (Fsp3) is 0.476. The van der Waals surface area contributed by atoms with Crippen LogP contribution in [0.25, 0.3) is 0 Å². The largest absolute Gasteiger partial charge is 0.497 e. The molecule has 0 atom stereocenters. The van der Waals surface area contributed by atoms with Gasteiger partial charge in [-0.1, -0.05) is 19.1 Å². The second kappa shape index (κ2) is 8.84. The summed E-state index contributed by atoms with van der Waals surface area (Å²) in [7, 11) is 1.67. The molecule has 2 heterocycles. The molecular weight excluding hydrogens is 340 g/mol. The molecular formula is C21H28N4O2. The maximum atomic E-state index is 12.8. The summed E-state index contributed by atoms with van der Waals surface area (Å²) < 4.78 is 5.26. The Morgan fingerprint density at radius 2 is 2.04 bits per heavy atom. The molecule has 1 amide bonds. The Morgan fingerprint density at radius 1 is 1.26 bits per heavy atom. The molecule has 2 aromatic rings. The molecule has 6 heteroatoms. The topological polar surface area (TPSA) is 67.3 Å². The zero-order chi connectivity index (χ0) is 19.2. The molecule has 0 bridgehead atoms. The van der Waals surface area contributed by atoms with E-state index in [1.54, 1.807) is 13.2 Å². The monoisotopic (exact) mass is 368 g/mol. The molecule has 0 unspecified atom stereocenters. The maximum Gasteiger partial charge on any atom is 0.272 e. The van der Waals surface area contributed by atoms with E-state index in [-0.39, 0.29) is 5.91 Å². The summed E-state index contributed by atoms with van der Waals surface area (Å²) >= 11 is 0. The molecule has 1 aromatic heterocycles. The molecule has 1 fully saturated rings. The van der Waals surface area contributed by atoms with Crippen molar-refractivity contribution < 1.29 is 9.53 Å². The minimum absolute atomic E-state index is 0.00301. The van der Waals surface area contributed by atoms with E-state index < -0.39 is 0 Å². The molecule has 27 heavy (non-hydrogen) atoms. The van der Waals surface area contributed by atoms with Crippen molar-refractivity contribution in [2.75, 3.05) is 32.1 Å². The Bertz CT molecular complexity index is 786. The average molecular weight is 368 g/mol. The van der Waals surface area contributed by atoms with E-state index in [0.717, 1.165) is 44.6 Å². The van der Waals surface area contributed by atoms with Gasteiger partial charge in [-0.2, -0.15) is 0 Å². The van der Waals surface area contributed by atoms with Gasteiger partial charge in [0.25, 0.3) is 5.91 Å². The number of carbonyl (C=O) groups excluding carboxylic acids is 1. The number of likely N-dealkylation sites (tertiary alicyclic amines) is 1. The highest BCUT2D eigenvalue weighted by molar-refractivity contribution is 5.93. The number of amides is 1. The SMILES string of the molecule is COc1cccc(CCNc2cc(C(=O)N3CCC(C)CC3)nc(C)n2)c1. The maximum absolute atomic E-state index is 12.8. The lowest BCUT2D eigenvalue weighted by Gasteiger charge is -2.30. The van der Waals surface area contributed by atoms with Crippen LogP contribution in [0.5, 0.6) is 5.75 Å². The number of carbonyl (C=O) groups is 1. The average Bonchev–Trinajstić information content (AvgIpc) is 2.68. The first kappa shape index (κ1) is 19.1. The fourth-order valence-electron chi connectivity index (χ4n) is 3.30. The van der Waals surface area contributed by atoms with Crippen LogP contribution >= 0.6 is 0 Å². The van der Waals surface area contributed by atoms with E-state index in [2.05, 4.69) is 28.3 Å². The standard InChI is InChI=1S/C21H28N4O2/c1-15-8-11-25(12-9-15)21(26)19-14-20(24-16(2)23-19)22-10-7-17-5-4-6-18(13-17)27-3/h4-6,13-15H,7-12H2,1-3H3,(H,22,23,24). The molecule has 6 nitrogen and oxygen atoms in total. The lowest BCUT2D eigenvalue weighted by atomic mass is 9.99. The third-order valence-corrected chi connectivity index (χ3v) is 4.98. The molecule has 3 rings (SSSR count). The van der Waals surface area contributed by atoms with Crippen LogP contribution in [0.4, 0.5) is 5.82 Å². The molecule has 0 spiro atoms. The van der Waals surface area contributed by atoms with Crippen molar-refractivity contribution in [2.24, 2.45) is 5.92 Å². The summed E-state index contributed by atoms with van der Waals surface area (Å²) in [4.78, 5) is 23.5. The number of anilines is 1. The van der Waals surface area contributed by atoms with Crippen LogP contribution in [0.1, 0.15) is 41.6 Å². The molecule has 1 aliphatic heterocycles. The van der Waals surface area contributed by atoms with Crippen LogP contribution < -0.4 is 10.1 Å². The Kier molecular flexibility index (Phi) is 6.27. The second-order valence-electron chi connectivity index (χ2n) is 7.19. The summed E-state index contributed by atoms with van der Waals surface area (Å²) in [5.74, 6) is 2.85. The van der Waals surface area contributed by atoms with Crippen molar-refractivity contribution in [1.82, 2.24) is 14.9 Å². The van der Waals surface area contributed by atoms with Crippen LogP contribution in [0, 0.1) is 12.8 Å². The molecule has 1 aromatic carbocycles. The Hall–Kier alpha value is -2.63. The number of methoxy groups -OCH3 is 1. The van der Waals surface area contributed by atoms with Gasteiger partial charge >= 0.3 is 0 Å². The van der Waals surface area contributed by atoms with Crippen molar-refractivity contribution in [2.45, 2.75) is 33.1 Å². The Morgan fingerprint density at radius 3 is 2.78 bits per heavy atom. The number of hydrogen-bond acceptors (Lipinski definition) is 5. The van der Waals surface area contributed by atoms with Crippen molar-refractivity contribution >= 4 is 11.7 Å². The lowest BCUT2D eigenvalue weighted by Crippen LogP contribution is -2.38. The van der Waals surface area contributed by atoms with Crippen LogP contribution in [-0.4, -0.2) is 47.5 Å². The Balaban J connectivity index is 1.62. The highest BCUT2D eigenvalue weighted by Crippen LogP contribution is 2.19. The number of hydrogen-bond donors (Lipinski definition) is 1. The summed E-state index contributed by atoms with van der Waals surface area (Å²) in [5.41, 5.74) is 1.66. The first-order valence-corrected chi connectivity index (χ1v) is 9.57. The van der Waals surface area contributed by atoms with Crippen molar-refractivity contribution in [3.63, 3.8) is 0 Å². The van der Waals surface area contributed by atoms with Gasteiger partial charge in [0.05, 0.1) is 7.11 Å². The number of benzene rings is 1. The number of nitrogens with zero attached hydrogens (tertiary/aromatic N) is 3. The number of ether oxygens (including phenoxy) is 1. The highest BCUT2D eigenvalue weighted by atomic mass is 16.5. The number of aromatic nitrogens is 2. The summed E-state index contributed by atoms with van der Waals surface area (Å²) in [6, 6.07) is 9.78. The van der Waals surface area contributed by atoms with Crippen LogP contribution in [-0.2, 0) is 6.42 Å². The van der Waals surface area contributed by atoms with Gasteiger partial charge in [0.1, 0.15) is 23.1 Å². The fourth-order valence-corrected chi connectivity index (χ4v) is 3.30. The van der Waals surface area contributed by atoms with Gasteiger partial charge in [-0.15, -0.1) is 0 Å². The highest BCUT2D eigenvalue weighted by Gasteiger charge is 2.23. The van der Waals surface area contributed by atoms with E-state index >= 15 is 0 Å². The van der Waals surface area contributed by atoms with E-state index in [4.69, 9.17) is 4.74 Å². The Labute approximate surface area is 161 Å². The number of piperidine rings is 1. The smallest absolute Gasteiger partial charge is 0.272 e. The van der Waals surface area contributed by atoms with E-state index in [0.29, 0.717) is 23.3 Å². The van der Waals surface area contributed by atoms with Gasteiger partial charge in [-0.05, 0) is 49.8 Å². The first-order valence-electron chi connectivity index (χ1n) is 9.57. The molecule has 0 aliphatic carbocycles. The van der Waals surface area contributed by atoms with Gasteiger partial charge in [0.2, 0.25) is 0 Å². The van der Waals surface area contributed by atoms with Crippen LogP contribution in [0.2, 0.25) is 0 Å². The van der Waals surface area contributed by atoms with Crippen LogP contribution in [0.3, 0.4) is 0 Å². The minimum atomic E-state index is 0.00301. The number of aryl methyl sites for hydroxylation is 1. The molecule has 1 saturated heterocycles. The van der Waals surface area contributed by atoms with Crippen LogP contribution in [0.15, 0.2) is 30.3 Å². The van der Waals surface area contributed by atoms with E-state index in [1.807, 2.05) is 30.0 Å².